The summed E-state index contributed by atoms with van der Waals surface area (Å²) in [4.78, 5) is 211. The lowest BCUT2D eigenvalue weighted by Crippen LogP contribution is -2.60. The summed E-state index contributed by atoms with van der Waals surface area (Å²) in [6, 6.07) is 5.44. The van der Waals surface area contributed by atoms with Crippen molar-refractivity contribution < 1.29 is 82.1 Å². The van der Waals surface area contributed by atoms with E-state index in [1.807, 2.05) is 0 Å². The van der Waals surface area contributed by atoms with E-state index >= 15 is 0 Å². The van der Waals surface area contributed by atoms with Gasteiger partial charge in [-0.15, -0.1) is 0 Å². The molecule has 5 rings (SSSR count). The molecule has 3 aromatic carbocycles. The number of phenols is 1. The number of amides is 15. The van der Waals surface area contributed by atoms with E-state index in [1.54, 1.807) is 74.8 Å². The minimum atomic E-state index is -1.63. The number of primary amides is 2. The number of hydrogen-bond acceptors (Lipinski definition) is 20. The van der Waals surface area contributed by atoms with Gasteiger partial charge in [0.15, 0.2) is 0 Å². The zero-order chi connectivity index (χ0) is 84.0. The fourth-order valence-corrected chi connectivity index (χ4v) is 12.3. The average Bonchev–Trinajstić information content (AvgIpc) is 1.65. The highest BCUT2D eigenvalue weighted by atomic mass is 16.3. The van der Waals surface area contributed by atoms with Crippen molar-refractivity contribution in [2.75, 3.05) is 45.9 Å². The van der Waals surface area contributed by atoms with E-state index in [9.17, 15) is 82.1 Å². The fraction of sp³-hybridized carbons (Fsp3) is 0.519. The smallest absolute Gasteiger partial charge is 0.245 e. The predicted molar refractivity (Wildman–Crippen MR) is 422 cm³/mol. The molecule has 5 aromatic rings. The Hall–Kier alpha value is -11.6. The van der Waals surface area contributed by atoms with Gasteiger partial charge in [0, 0.05) is 59.9 Å². The van der Waals surface area contributed by atoms with Crippen molar-refractivity contribution >= 4 is 110 Å². The van der Waals surface area contributed by atoms with Crippen LogP contribution in [-0.2, 0) is 91.2 Å². The quantitative estimate of drug-likeness (QED) is 0.0171. The van der Waals surface area contributed by atoms with Crippen molar-refractivity contribution in [3.8, 4) is 5.75 Å². The van der Waals surface area contributed by atoms with Gasteiger partial charge in [0.25, 0.3) is 0 Å². The van der Waals surface area contributed by atoms with E-state index in [0.717, 1.165) is 19.3 Å². The average molecular weight is 1590 g/mol. The number of para-hydroxylation sites is 2. The Morgan fingerprint density at radius 2 is 0.842 bits per heavy atom. The zero-order valence-electron chi connectivity index (χ0n) is 65.2. The summed E-state index contributed by atoms with van der Waals surface area (Å²) in [6.45, 7) is 6.14. The van der Waals surface area contributed by atoms with E-state index in [4.69, 9.17) is 28.7 Å². The molecule has 114 heavy (non-hydrogen) atoms. The Kier molecular flexibility index (Phi) is 39.5. The van der Waals surface area contributed by atoms with Crippen LogP contribution in [0, 0.1) is 11.8 Å². The van der Waals surface area contributed by atoms with E-state index in [0.29, 0.717) is 50.8 Å². The van der Waals surface area contributed by atoms with Crippen LogP contribution in [0.15, 0.2) is 85.2 Å². The minimum absolute atomic E-state index is 0.0424. The molecular formula is C77H114N20O17. The maximum atomic E-state index is 14.9. The second-order valence-electron chi connectivity index (χ2n) is 28.5. The molecular weight excluding hydrogens is 1480 g/mol. The van der Waals surface area contributed by atoms with Gasteiger partial charge in [0.1, 0.15) is 66.2 Å². The van der Waals surface area contributed by atoms with Gasteiger partial charge in [0.05, 0.1) is 32.7 Å². The number of nitrogens with two attached hydrogens (primary N) is 5. The van der Waals surface area contributed by atoms with Crippen LogP contribution < -0.4 is 97.8 Å². The first-order valence-electron chi connectivity index (χ1n) is 38.4. The second kappa shape index (κ2) is 48.4. The van der Waals surface area contributed by atoms with Gasteiger partial charge < -0.3 is 118 Å². The molecule has 2 heterocycles. The van der Waals surface area contributed by atoms with Crippen molar-refractivity contribution in [1.82, 2.24) is 79.1 Å². The highest BCUT2D eigenvalue weighted by molar-refractivity contribution is 6.01. The molecule has 624 valence electrons. The number of hydrogen-bond donors (Lipinski definition) is 22. The largest absolute Gasteiger partial charge is 0.508 e. The number of aromatic nitrogens is 2. The molecule has 0 radical (unpaired) electrons. The molecule has 0 aliphatic carbocycles. The normalized spacial score (nSPS) is 14.1. The Balaban J connectivity index is 1.33. The number of unbranched alkanes of at least 4 members (excludes halogenated alkanes) is 2. The third-order valence-electron chi connectivity index (χ3n) is 18.9. The second-order valence-corrected chi connectivity index (χ2v) is 28.5. The van der Waals surface area contributed by atoms with Gasteiger partial charge >= 0.3 is 0 Å². The number of rotatable bonds is 52. The van der Waals surface area contributed by atoms with Crippen LogP contribution in [0.4, 0.5) is 0 Å². The van der Waals surface area contributed by atoms with Gasteiger partial charge in [-0.3, -0.25) is 71.9 Å². The number of phenolic OH excluding ortho intramolecular Hbond substituents is 1. The number of aromatic amines is 2. The highest BCUT2D eigenvalue weighted by Gasteiger charge is 2.37. The van der Waals surface area contributed by atoms with E-state index in [1.165, 1.54) is 31.2 Å². The van der Waals surface area contributed by atoms with Gasteiger partial charge in [-0.1, -0.05) is 102 Å². The Labute approximate surface area is 660 Å². The number of benzene rings is 3. The van der Waals surface area contributed by atoms with E-state index < -0.39 is 188 Å². The number of H-pyrrole nitrogens is 2. The molecule has 15 amide bonds. The summed E-state index contributed by atoms with van der Waals surface area (Å²) < 4.78 is 0. The summed E-state index contributed by atoms with van der Waals surface area (Å²) in [6.07, 6.45) is 5.76. The first-order valence-corrected chi connectivity index (χ1v) is 38.4. The molecule has 37 nitrogen and oxygen atoms in total. The molecule has 0 aliphatic rings. The first kappa shape index (κ1) is 93.0. The molecule has 27 N–H and O–H groups in total. The standard InChI is InChI=1S/C77H114N20O17/c1-6-44(4)67(77(114)96-60(36-62(81)100)70(107)86-40-65(103)85-39-63(82)101)97-68(105)45(5)88-73(110)58(34-47-37-83-52-20-12-10-18-50(47)52)94-71(108)55(23-15-31-79)89-66(104)41-87-69(106)54(22-14-30-78)91-72(109)56(24-16-32-80)92-75(112)59(35-48-38-84-53-21-13-11-19-51(48)53)95-74(111)57(33-46-26-28-49(99)29-27-46)93-76(113)61(42-98)90-64(102)25-9-7-8-17-43(2)3/h10-13,18-21,26-29,37-38,43-45,54-61,67,83-84,98-99H,6-9,14-17,22-25,30-36,39-42,78-80H2,1-5H3,(H2,81,100)(H2,82,101)(H,85,103)(H,86,107)(H,87,106)(H,88,110)(H,89,104)(H,90,102)(H,91,109)(H,92,112)(H,93,113)(H,94,108)(H,95,111)(H,96,114)(H,97,105)/t44-,45-,54-,55+,56+,57+,58-,59+,60-,61+,67-/m0/s1. The minimum Gasteiger partial charge on any atom is -0.508 e. The van der Waals surface area contributed by atoms with Crippen LogP contribution in [0.3, 0.4) is 0 Å². The molecule has 0 aliphatic heterocycles. The third kappa shape index (κ3) is 31.5. The number of fused-ring (bicyclic) bond motifs is 2. The summed E-state index contributed by atoms with van der Waals surface area (Å²) in [5.41, 5.74) is 31.2. The van der Waals surface area contributed by atoms with Crippen molar-refractivity contribution in [2.45, 2.75) is 198 Å². The molecule has 0 bridgehead atoms. The summed E-state index contributed by atoms with van der Waals surface area (Å²) >= 11 is 0. The summed E-state index contributed by atoms with van der Waals surface area (Å²) in [5, 5.41) is 54.9. The lowest BCUT2D eigenvalue weighted by atomic mass is 9.97. The molecule has 0 spiro atoms. The van der Waals surface area contributed by atoms with Gasteiger partial charge in [0.2, 0.25) is 88.6 Å². The predicted octanol–water partition coefficient (Wildman–Crippen LogP) is -3.18. The van der Waals surface area contributed by atoms with Crippen molar-refractivity contribution in [1.29, 1.82) is 0 Å². The summed E-state index contributed by atoms with van der Waals surface area (Å²) in [7, 11) is 0. The summed E-state index contributed by atoms with van der Waals surface area (Å²) in [5.74, 6) is -13.4. The Bertz CT molecular complexity index is 4080. The Morgan fingerprint density at radius 1 is 0.404 bits per heavy atom. The first-order chi connectivity index (χ1) is 54.4. The van der Waals surface area contributed by atoms with Crippen LogP contribution in [0.5, 0.6) is 5.75 Å². The molecule has 0 saturated carbocycles. The van der Waals surface area contributed by atoms with Crippen molar-refractivity contribution in [2.24, 2.45) is 40.5 Å². The van der Waals surface area contributed by atoms with Crippen LogP contribution >= 0.6 is 0 Å². The number of aliphatic hydroxyl groups excluding tert-OH is 1. The van der Waals surface area contributed by atoms with Crippen molar-refractivity contribution in [3.05, 3.63) is 102 Å². The highest BCUT2D eigenvalue weighted by Crippen LogP contribution is 2.23. The molecule has 37 heteroatoms. The molecule has 2 aromatic heterocycles. The van der Waals surface area contributed by atoms with Gasteiger partial charge in [-0.2, -0.15) is 0 Å². The van der Waals surface area contributed by atoms with E-state index in [2.05, 4.69) is 92.9 Å². The molecule has 11 atom stereocenters. The zero-order valence-corrected chi connectivity index (χ0v) is 65.2. The number of carbonyl (C=O) groups excluding carboxylic acids is 15. The maximum absolute atomic E-state index is 14.9. The number of aromatic hydroxyl groups is 1. The van der Waals surface area contributed by atoms with Gasteiger partial charge in [-0.05, 0) is 124 Å². The lowest BCUT2D eigenvalue weighted by molar-refractivity contribution is -0.136. The Morgan fingerprint density at radius 3 is 1.33 bits per heavy atom. The van der Waals surface area contributed by atoms with Crippen LogP contribution in [0.1, 0.15) is 135 Å². The van der Waals surface area contributed by atoms with Crippen LogP contribution in [-0.4, -0.2) is 215 Å². The lowest BCUT2D eigenvalue weighted by Gasteiger charge is -2.28. The van der Waals surface area contributed by atoms with Gasteiger partial charge in [-0.25, -0.2) is 0 Å². The SMILES string of the molecule is CC[C@H](C)[C@H](NC(=O)[C@H](C)NC(=O)[C@H](Cc1c[nH]c2ccccc12)NC(=O)[C@@H](CCCN)NC(=O)CNC(=O)[C@H](CCCN)NC(=O)[C@@H](CCCN)NC(=O)[C@@H](Cc1c[nH]c2ccccc12)NC(=O)[C@@H](Cc1ccc(O)cc1)NC(=O)[C@@H](CO)NC(=O)CCCCCC(C)C)C(=O)N[C@@H](CC(N)=O)C(=O)NCC(=O)NCC(N)=O. The molecule has 0 saturated heterocycles. The number of aliphatic hydroxyl groups is 1. The fourth-order valence-electron chi connectivity index (χ4n) is 12.3. The molecule has 0 fully saturated rings. The maximum Gasteiger partial charge on any atom is 0.245 e. The van der Waals surface area contributed by atoms with E-state index in [-0.39, 0.29) is 96.0 Å². The monoisotopic (exact) mass is 1590 g/mol. The van der Waals surface area contributed by atoms with Crippen molar-refractivity contribution in [3.63, 3.8) is 0 Å². The number of nitrogens with one attached hydrogen (secondary N) is 15. The van der Waals surface area contributed by atoms with Crippen LogP contribution in [0.2, 0.25) is 0 Å². The molecule has 0 unspecified atom stereocenters. The topological polar surface area (TPSA) is 615 Å². The number of carbonyl (C=O) groups is 15. The third-order valence-corrected chi connectivity index (χ3v) is 18.9. The van der Waals surface area contributed by atoms with Crippen LogP contribution in [0.25, 0.3) is 21.8 Å².